The average molecular weight is 268 g/mol. The number of rotatable bonds is 4. The molecule has 1 nitrogen and oxygen atoms in total. The van der Waals surface area contributed by atoms with E-state index in [4.69, 9.17) is 11.6 Å². The maximum Gasteiger partial charge on any atom is 0.0484 e. The second kappa shape index (κ2) is 5.63. The van der Waals surface area contributed by atoms with Gasteiger partial charge in [0.05, 0.1) is 0 Å². The fourth-order valence-corrected chi connectivity index (χ4v) is 1.67. The third kappa shape index (κ3) is 4.29. The van der Waals surface area contributed by atoms with E-state index in [-0.39, 0.29) is 16.3 Å². The first-order valence-electron chi connectivity index (χ1n) is 6.61. The summed E-state index contributed by atoms with van der Waals surface area (Å²) in [4.78, 5) is 0. The van der Waals surface area contributed by atoms with Crippen molar-refractivity contribution in [2.75, 3.05) is 0 Å². The minimum Gasteiger partial charge on any atom is -0.306 e. The first kappa shape index (κ1) is 15.5. The Morgan fingerprint density at radius 2 is 1.56 bits per heavy atom. The SMILES string of the molecule is CC(Cl)C(C)(C)NCc1ccc(C(C)(C)C)cc1. The molecule has 0 radical (unpaired) electrons. The van der Waals surface area contributed by atoms with Crippen molar-refractivity contribution in [3.05, 3.63) is 35.4 Å². The summed E-state index contributed by atoms with van der Waals surface area (Å²) < 4.78 is 0. The summed E-state index contributed by atoms with van der Waals surface area (Å²) >= 11 is 6.16. The Labute approximate surface area is 117 Å². The van der Waals surface area contributed by atoms with Crippen molar-refractivity contribution in [1.82, 2.24) is 5.32 Å². The van der Waals surface area contributed by atoms with Crippen LogP contribution in [-0.4, -0.2) is 10.9 Å². The van der Waals surface area contributed by atoms with Crippen LogP contribution in [0.25, 0.3) is 0 Å². The maximum absolute atomic E-state index is 6.16. The van der Waals surface area contributed by atoms with Crippen LogP contribution in [0.1, 0.15) is 52.7 Å². The van der Waals surface area contributed by atoms with E-state index in [1.807, 2.05) is 6.92 Å². The number of alkyl halides is 1. The van der Waals surface area contributed by atoms with Gasteiger partial charge >= 0.3 is 0 Å². The first-order valence-corrected chi connectivity index (χ1v) is 7.05. The third-order valence-electron chi connectivity index (χ3n) is 3.56. The van der Waals surface area contributed by atoms with Gasteiger partial charge in [0.2, 0.25) is 0 Å². The molecule has 0 heterocycles. The number of nitrogens with one attached hydrogen (secondary N) is 1. The van der Waals surface area contributed by atoms with Crippen LogP contribution in [0.15, 0.2) is 24.3 Å². The van der Waals surface area contributed by atoms with Crippen LogP contribution in [0.2, 0.25) is 0 Å². The van der Waals surface area contributed by atoms with Crippen molar-refractivity contribution < 1.29 is 0 Å². The van der Waals surface area contributed by atoms with E-state index in [9.17, 15) is 0 Å². The molecule has 0 aromatic heterocycles. The molecule has 1 N–H and O–H groups in total. The zero-order valence-electron chi connectivity index (χ0n) is 12.5. The molecule has 0 amide bonds. The first-order chi connectivity index (χ1) is 8.13. The zero-order valence-corrected chi connectivity index (χ0v) is 13.2. The highest BCUT2D eigenvalue weighted by atomic mass is 35.5. The standard InChI is InChI=1S/C16H26ClN/c1-12(17)16(5,6)18-11-13-7-9-14(10-8-13)15(2,3)4/h7-10,12,18H,11H2,1-6H3. The van der Waals surface area contributed by atoms with Crippen molar-refractivity contribution in [3.63, 3.8) is 0 Å². The van der Waals surface area contributed by atoms with Crippen LogP contribution in [0, 0.1) is 0 Å². The summed E-state index contributed by atoms with van der Waals surface area (Å²) in [5.41, 5.74) is 2.84. The molecule has 102 valence electrons. The summed E-state index contributed by atoms with van der Waals surface area (Å²) in [6.45, 7) is 13.9. The lowest BCUT2D eigenvalue weighted by molar-refractivity contribution is 0.380. The van der Waals surface area contributed by atoms with Gasteiger partial charge in [-0.2, -0.15) is 0 Å². The molecule has 2 heteroatoms. The Balaban J connectivity index is 2.65. The molecule has 0 aliphatic carbocycles. The normalized spacial score (nSPS) is 14.6. The predicted octanol–water partition coefficient (Wildman–Crippen LogP) is 4.48. The highest BCUT2D eigenvalue weighted by Gasteiger charge is 2.23. The Bertz CT molecular complexity index is 371. The van der Waals surface area contributed by atoms with Crippen LogP contribution >= 0.6 is 11.6 Å². The number of hydrogen-bond acceptors (Lipinski definition) is 1. The maximum atomic E-state index is 6.16. The van der Waals surface area contributed by atoms with Crippen LogP contribution in [0.5, 0.6) is 0 Å². The molecule has 0 aliphatic rings. The molecular weight excluding hydrogens is 242 g/mol. The smallest absolute Gasteiger partial charge is 0.0484 e. The zero-order chi connectivity index (χ0) is 14.0. The van der Waals surface area contributed by atoms with Gasteiger partial charge in [0.15, 0.2) is 0 Å². The molecule has 0 bridgehead atoms. The quantitative estimate of drug-likeness (QED) is 0.793. The van der Waals surface area contributed by atoms with Crippen LogP contribution in [0.3, 0.4) is 0 Å². The molecular formula is C16H26ClN. The summed E-state index contributed by atoms with van der Waals surface area (Å²) in [6, 6.07) is 8.83. The second-order valence-corrected chi connectivity index (χ2v) is 7.29. The molecule has 0 saturated heterocycles. The summed E-state index contributed by atoms with van der Waals surface area (Å²) in [7, 11) is 0. The molecule has 1 unspecified atom stereocenters. The second-order valence-electron chi connectivity index (χ2n) is 6.64. The van der Waals surface area contributed by atoms with Gasteiger partial charge < -0.3 is 5.32 Å². The van der Waals surface area contributed by atoms with Crippen LogP contribution < -0.4 is 5.32 Å². The van der Waals surface area contributed by atoms with E-state index in [1.165, 1.54) is 11.1 Å². The van der Waals surface area contributed by atoms with Gasteiger partial charge in [-0.3, -0.25) is 0 Å². The van der Waals surface area contributed by atoms with Crippen LogP contribution in [-0.2, 0) is 12.0 Å². The van der Waals surface area contributed by atoms with E-state index in [0.717, 1.165) is 6.54 Å². The predicted molar refractivity (Wildman–Crippen MR) is 81.4 cm³/mol. The van der Waals surface area contributed by atoms with E-state index < -0.39 is 0 Å². The highest BCUT2D eigenvalue weighted by Crippen LogP contribution is 2.22. The number of halogens is 1. The fourth-order valence-electron chi connectivity index (χ4n) is 1.59. The van der Waals surface area contributed by atoms with Gasteiger partial charge in [-0.25, -0.2) is 0 Å². The molecule has 1 atom stereocenters. The van der Waals surface area contributed by atoms with Crippen molar-refractivity contribution in [1.29, 1.82) is 0 Å². The third-order valence-corrected chi connectivity index (χ3v) is 4.11. The van der Waals surface area contributed by atoms with Crippen molar-refractivity contribution >= 4 is 11.6 Å². The molecule has 1 aromatic rings. The van der Waals surface area contributed by atoms with E-state index in [2.05, 4.69) is 64.2 Å². The lowest BCUT2D eigenvalue weighted by Gasteiger charge is -2.29. The summed E-state index contributed by atoms with van der Waals surface area (Å²) in [5.74, 6) is 0. The topological polar surface area (TPSA) is 12.0 Å². The van der Waals surface area contributed by atoms with Crippen molar-refractivity contribution in [3.8, 4) is 0 Å². The minimum absolute atomic E-state index is 0.0513. The van der Waals surface area contributed by atoms with Gasteiger partial charge in [-0.1, -0.05) is 45.0 Å². The molecule has 1 aromatic carbocycles. The van der Waals surface area contributed by atoms with Crippen molar-refractivity contribution in [2.24, 2.45) is 0 Å². The molecule has 0 aliphatic heterocycles. The monoisotopic (exact) mass is 267 g/mol. The lowest BCUT2D eigenvalue weighted by Crippen LogP contribution is -2.45. The Morgan fingerprint density at radius 3 is 1.94 bits per heavy atom. The molecule has 1 rings (SSSR count). The lowest BCUT2D eigenvalue weighted by atomic mass is 9.86. The molecule has 18 heavy (non-hydrogen) atoms. The minimum atomic E-state index is -0.0513. The average Bonchev–Trinajstić information content (AvgIpc) is 2.25. The Kier molecular flexibility index (Phi) is 4.85. The van der Waals surface area contributed by atoms with Gasteiger partial charge in [0.1, 0.15) is 0 Å². The Morgan fingerprint density at radius 1 is 1.06 bits per heavy atom. The summed E-state index contributed by atoms with van der Waals surface area (Å²) in [6.07, 6.45) is 0. The van der Waals surface area contributed by atoms with E-state index in [0.29, 0.717) is 0 Å². The van der Waals surface area contributed by atoms with E-state index >= 15 is 0 Å². The molecule has 0 spiro atoms. The van der Waals surface area contributed by atoms with Gasteiger partial charge in [-0.05, 0) is 37.3 Å². The largest absolute Gasteiger partial charge is 0.306 e. The van der Waals surface area contributed by atoms with Gasteiger partial charge in [-0.15, -0.1) is 11.6 Å². The molecule has 0 saturated carbocycles. The Hall–Kier alpha value is -0.530. The van der Waals surface area contributed by atoms with Crippen LogP contribution in [0.4, 0.5) is 0 Å². The van der Waals surface area contributed by atoms with Gasteiger partial charge in [0, 0.05) is 17.5 Å². The molecule has 0 fully saturated rings. The fraction of sp³-hybridized carbons (Fsp3) is 0.625. The van der Waals surface area contributed by atoms with Crippen molar-refractivity contribution in [2.45, 2.75) is 64.4 Å². The number of hydrogen-bond donors (Lipinski definition) is 1. The summed E-state index contributed by atoms with van der Waals surface area (Å²) in [5, 5.41) is 3.60. The van der Waals surface area contributed by atoms with E-state index in [1.54, 1.807) is 0 Å². The van der Waals surface area contributed by atoms with Gasteiger partial charge in [0.25, 0.3) is 0 Å². The number of benzene rings is 1. The highest BCUT2D eigenvalue weighted by molar-refractivity contribution is 6.21.